The van der Waals surface area contributed by atoms with Crippen molar-refractivity contribution >= 4 is 79.4 Å². The van der Waals surface area contributed by atoms with Gasteiger partial charge in [-0.25, -0.2) is 13.2 Å². The summed E-state index contributed by atoms with van der Waals surface area (Å²) < 4.78 is 165. The fraction of sp³-hybridized carbons (Fsp3) is 0.477. The molecule has 2 aliphatic heterocycles. The van der Waals surface area contributed by atoms with Gasteiger partial charge in [-0.2, -0.15) is 40.0 Å². The monoisotopic (exact) mass is 2000 g/mol. The summed E-state index contributed by atoms with van der Waals surface area (Å²) in [4.78, 5) is 87.7. The number of aliphatic hydroxyl groups is 1. The van der Waals surface area contributed by atoms with Gasteiger partial charge in [0.2, 0.25) is 0 Å². The van der Waals surface area contributed by atoms with Gasteiger partial charge in [0.25, 0.3) is 0 Å². The van der Waals surface area contributed by atoms with Crippen LogP contribution in [0.2, 0.25) is 0 Å². The summed E-state index contributed by atoms with van der Waals surface area (Å²) in [5.41, 5.74) is 4.92. The van der Waals surface area contributed by atoms with Crippen molar-refractivity contribution in [2.45, 2.75) is 294 Å². The number of hydrogen-bond acceptors (Lipinski definition) is 22. The van der Waals surface area contributed by atoms with Gasteiger partial charge < -0.3 is 47.4 Å². The lowest BCUT2D eigenvalue weighted by atomic mass is 9.74. The molecule has 0 amide bonds. The second kappa shape index (κ2) is 50.1. The highest BCUT2D eigenvalue weighted by Crippen LogP contribution is 2.62. The second-order valence-electron chi connectivity index (χ2n) is 39.5. The minimum atomic E-state index is -7.43. The van der Waals surface area contributed by atoms with E-state index >= 15 is 0 Å². The van der Waals surface area contributed by atoms with Crippen molar-refractivity contribution in [3.8, 4) is 17.6 Å². The van der Waals surface area contributed by atoms with Crippen LogP contribution in [0.3, 0.4) is 0 Å². The summed E-state index contributed by atoms with van der Waals surface area (Å²) in [6, 6.07) is 69.9. The van der Waals surface area contributed by atoms with Crippen molar-refractivity contribution in [2.24, 2.45) is 44.4 Å². The quantitative estimate of drug-likeness (QED) is 0.00706. The minimum Gasteiger partial charge on any atom is -0.743 e. The largest absolute Gasteiger partial charge is 0.743 e. The molecule has 8 unspecified atom stereocenters. The van der Waals surface area contributed by atoms with Crippen molar-refractivity contribution in [3.63, 3.8) is 0 Å². The van der Waals surface area contributed by atoms with Crippen molar-refractivity contribution in [1.82, 2.24) is 0 Å². The average molecular weight is 2000 g/mol. The number of carbonyl (C=O) groups is 7. The number of fused-ring (bicyclic) bond motifs is 1. The highest BCUT2D eigenvalue weighted by atomic mass is 32.2. The van der Waals surface area contributed by atoms with Crippen LogP contribution < -0.4 is 4.18 Å². The average Bonchev–Trinajstić information content (AvgIpc) is 1.53. The Kier molecular flexibility index (Phi) is 42.1. The standard InChI is InChI=1S/C21H28.C18H15S.C16H16F6O9S2.C15H19NO4.C13H17NO.C13H24O2.C12H16O3.CH2O/c1-20(2,3)18-11-7-16(8-12-18)15-17-9-13-19(14-10-17)21(4,5)6;1-4-10-16(11-5-1)19(17-12-6-2-7-13-17)18-14-8-3-9-15-18;1-4-13(2,3)12(24)30-11(23)9-5-7-10(8-6-9)31-33(28,29)16(21,22)14(17,18)15(19,20)32(25,26)27;1-4-14(2,3)12(17)19-10-8-5-9-11(10)20-13(18)15(9,6-8)7-16;1-3-10(2)13-14-9-12(15-13)11-7-5-4-6-8-11;1-5-12(2,3)11(14)15-13(4)9-7-6-8-10-13;1-3-8(2)9-4-5-11(14)10(6-9)12(15)7-13;1-2/h7-14H,15H2,1-6H3;1-15H;5-8H,4H2,1-3H3,(H,25,26,27);8-11H,4-6H2,1-3H3;4-8,10,12H,3,9H2,1-2H3;5-10H2,1-4H3;4-6,8,13-14H,3,7H2,1-2H3;1H2/q;+1;;;;;;/p-1. The van der Waals surface area contributed by atoms with Gasteiger partial charge >= 0.3 is 56.4 Å². The number of phenols is 1. The number of carbonyl (C=O) groups excluding carboxylic acids is 7. The van der Waals surface area contributed by atoms with E-state index in [0.717, 1.165) is 63.0 Å². The molecule has 8 aromatic rings. The van der Waals surface area contributed by atoms with Crippen LogP contribution in [0.1, 0.15) is 282 Å². The molecule has 762 valence electrons. The molecule has 5 aliphatic rings. The summed E-state index contributed by atoms with van der Waals surface area (Å²) >= 11 is 0. The van der Waals surface area contributed by atoms with Crippen LogP contribution in [0, 0.1) is 50.7 Å². The number of aromatic hydroxyl groups is 1. The molecule has 0 aromatic heterocycles. The summed E-state index contributed by atoms with van der Waals surface area (Å²) in [5, 5.41) is 13.6. The Morgan fingerprint density at radius 3 is 1.46 bits per heavy atom. The number of Topliss-reactive ketones (excluding diaryl/α,β-unsaturated/α-hetero) is 1. The number of ether oxygens (including phenoxy) is 5. The SMILES string of the molecule is C=O.CC(C)(C)c1ccc(Cc2ccc(C(C)(C)C)cc2)cc1.CCC(C)(C)C(=O)OC(=O)c1ccc(OS(=O)(=O)C(F)(F)C(F)(F)C(F)(F)S(=O)(=O)[O-])cc1.CCC(C)(C)C(=O)OC1(C)CCCCC1.CCC(C)(C)C(=O)OC1C2CC3C1OC(=O)C3(C#N)C2.CCC(C)C1=NCC(c2ccccc2)O1.CCC(C)c1ccc(O)c(C(=O)CO)c1.c1ccc([S+](c2ccccc2)c2ccccc2)cc1. The number of nitriles is 1. The highest BCUT2D eigenvalue weighted by Gasteiger charge is 2.81. The van der Waals surface area contributed by atoms with Crippen molar-refractivity contribution in [2.75, 3.05) is 13.2 Å². The second-order valence-corrected chi connectivity index (χ2v) is 44.6. The Hall–Kier alpha value is -11.0. The van der Waals surface area contributed by atoms with E-state index in [9.17, 15) is 86.9 Å². The van der Waals surface area contributed by atoms with E-state index in [1.165, 1.54) is 81.7 Å². The Bertz CT molecular complexity index is 5560. The van der Waals surface area contributed by atoms with Crippen molar-refractivity contribution < 1.29 is 119 Å². The molecule has 31 heteroatoms. The van der Waals surface area contributed by atoms with Crippen LogP contribution in [0.15, 0.2) is 232 Å². The lowest BCUT2D eigenvalue weighted by Gasteiger charge is -2.36. The predicted octanol–water partition coefficient (Wildman–Crippen LogP) is 24.1. The lowest BCUT2D eigenvalue weighted by molar-refractivity contribution is -0.247. The topological polar surface area (TPSA) is 343 Å². The number of hydrogen-bond donors (Lipinski definition) is 2. The van der Waals surface area contributed by atoms with Crippen LogP contribution in [0.25, 0.3) is 0 Å². The molecule has 2 N–H and O–H groups in total. The van der Waals surface area contributed by atoms with E-state index in [4.69, 9.17) is 28.8 Å². The van der Waals surface area contributed by atoms with E-state index in [0.29, 0.717) is 48.9 Å². The van der Waals surface area contributed by atoms with Gasteiger partial charge in [-0.1, -0.05) is 236 Å². The van der Waals surface area contributed by atoms with Crippen LogP contribution >= 0.6 is 0 Å². The van der Waals surface area contributed by atoms with Gasteiger partial charge in [0.1, 0.15) is 48.8 Å². The fourth-order valence-corrected chi connectivity index (χ4v) is 18.5. The molecule has 140 heavy (non-hydrogen) atoms. The molecule has 22 nitrogen and oxygen atoms in total. The molecule has 8 aromatic carbocycles. The number of phenolic OH excluding ortho intramolecular Hbond substituents is 1. The molecule has 0 radical (unpaired) electrons. The minimum absolute atomic E-state index is 0.0146. The zero-order valence-electron chi connectivity index (χ0n) is 83.7. The number of halogens is 6. The van der Waals surface area contributed by atoms with Crippen LogP contribution in [-0.2, 0) is 96.0 Å². The number of esters is 5. The third-order valence-electron chi connectivity index (χ3n) is 25.9. The Morgan fingerprint density at radius 2 is 1.04 bits per heavy atom. The molecule has 3 saturated carbocycles. The number of alkyl halides is 6. The van der Waals surface area contributed by atoms with Crippen molar-refractivity contribution in [3.05, 3.63) is 257 Å². The normalized spacial score (nSPS) is 18.5. The first kappa shape index (κ1) is 118. The van der Waals surface area contributed by atoms with Gasteiger partial charge in [-0.3, -0.25) is 29.0 Å². The summed E-state index contributed by atoms with van der Waals surface area (Å²) in [5.74, 6) is -10.2. The molecular weight excluding hydrogens is 1870 g/mol. The van der Waals surface area contributed by atoms with Gasteiger partial charge in [-0.05, 0) is 248 Å². The maximum atomic E-state index is 13.7. The van der Waals surface area contributed by atoms with Crippen LogP contribution in [0.5, 0.6) is 11.5 Å². The summed E-state index contributed by atoms with van der Waals surface area (Å²) in [6.07, 6.45) is 11.2. The Labute approximate surface area is 824 Å². The molecule has 2 bridgehead atoms. The zero-order chi connectivity index (χ0) is 105. The van der Waals surface area contributed by atoms with E-state index < -0.39 is 101 Å². The number of ketones is 1. The van der Waals surface area contributed by atoms with Crippen LogP contribution in [0.4, 0.5) is 26.3 Å². The molecular formula is C109H136F6N2O20S3. The first-order valence-corrected chi connectivity index (χ1v) is 50.9. The number of aliphatic hydroxyl groups excluding tert-OH is 1. The molecule has 8 atom stereocenters. The van der Waals surface area contributed by atoms with Gasteiger partial charge in [0.15, 0.2) is 41.9 Å². The van der Waals surface area contributed by atoms with Crippen LogP contribution in [-0.4, -0.2) is 127 Å². The molecule has 3 aliphatic carbocycles. The van der Waals surface area contributed by atoms with E-state index in [-0.39, 0.29) is 86.5 Å². The number of nitrogens with zero attached hydrogens (tertiary/aromatic N) is 2. The third kappa shape index (κ3) is 30.3. The summed E-state index contributed by atoms with van der Waals surface area (Å²) in [6.45, 7) is 42.4. The number of rotatable bonds is 27. The van der Waals surface area contributed by atoms with E-state index in [1.54, 1.807) is 19.1 Å². The Morgan fingerprint density at radius 1 is 0.593 bits per heavy atom. The molecule has 4 fully saturated rings. The number of aliphatic imine (C=N–C) groups is 1. The van der Waals surface area contributed by atoms with Gasteiger partial charge in [-0.15, -0.1) is 0 Å². The Balaban J connectivity index is 0.000000254. The fourth-order valence-electron chi connectivity index (χ4n) is 15.0. The molecule has 1 saturated heterocycles. The maximum Gasteiger partial charge on any atom is 0.450 e. The lowest BCUT2D eigenvalue weighted by Crippen LogP contribution is -2.61. The zero-order valence-corrected chi connectivity index (χ0v) is 86.1. The van der Waals surface area contributed by atoms with E-state index in [2.05, 4.69) is 248 Å². The van der Waals surface area contributed by atoms with Gasteiger partial charge in [0.05, 0.1) is 50.9 Å². The summed E-state index contributed by atoms with van der Waals surface area (Å²) in [7, 11) is -14.5. The predicted molar refractivity (Wildman–Crippen MR) is 527 cm³/mol. The molecule has 13 rings (SSSR count). The number of benzene rings is 8. The van der Waals surface area contributed by atoms with E-state index in [1.807, 2.05) is 66.5 Å². The van der Waals surface area contributed by atoms with Crippen molar-refractivity contribution in [1.29, 1.82) is 5.26 Å². The third-order valence-corrected chi connectivity index (χ3v) is 30.3. The maximum absolute atomic E-state index is 13.7. The first-order valence-electron chi connectivity index (χ1n) is 46.9. The molecule has 0 spiro atoms. The van der Waals surface area contributed by atoms with Gasteiger partial charge in [0, 0.05) is 17.8 Å². The first-order chi connectivity index (χ1) is 65.3. The molecule has 2 heterocycles. The smallest absolute Gasteiger partial charge is 0.450 e. The highest BCUT2D eigenvalue weighted by molar-refractivity contribution is 7.97.